The zero-order chi connectivity index (χ0) is 19.8. The Morgan fingerprint density at radius 2 is 1.97 bits per heavy atom. The minimum Gasteiger partial charge on any atom is -0.385 e. The number of hydrogen-bond acceptors (Lipinski definition) is 4. The van der Waals surface area contributed by atoms with Gasteiger partial charge in [0.2, 0.25) is 0 Å². The van der Waals surface area contributed by atoms with Crippen LogP contribution in [0.15, 0.2) is 29.3 Å². The molecule has 0 amide bonds. The quantitative estimate of drug-likeness (QED) is 0.249. The second kappa shape index (κ2) is 12.6. The van der Waals surface area contributed by atoms with Crippen LogP contribution >= 0.6 is 24.0 Å². The smallest absolute Gasteiger partial charge is 0.193 e. The highest BCUT2D eigenvalue weighted by atomic mass is 127. The molecule has 2 aliphatic heterocycles. The first-order valence-corrected chi connectivity index (χ1v) is 10.6. The number of piperidine rings is 1. The molecule has 0 aliphatic carbocycles. The maximum absolute atomic E-state index is 5.97. The van der Waals surface area contributed by atoms with E-state index < -0.39 is 0 Å². The van der Waals surface area contributed by atoms with Gasteiger partial charge in [-0.1, -0.05) is 18.2 Å². The molecule has 7 heteroatoms. The van der Waals surface area contributed by atoms with Crippen molar-refractivity contribution in [3.8, 4) is 0 Å². The molecule has 0 saturated carbocycles. The Kier molecular flexibility index (Phi) is 10.5. The summed E-state index contributed by atoms with van der Waals surface area (Å²) in [6, 6.07) is 9.19. The molecule has 1 N–H and O–H groups in total. The Morgan fingerprint density at radius 3 is 2.69 bits per heavy atom. The van der Waals surface area contributed by atoms with Crippen LogP contribution in [0.4, 0.5) is 5.69 Å². The lowest BCUT2D eigenvalue weighted by Gasteiger charge is -2.35. The second-order valence-corrected chi connectivity index (χ2v) is 7.75. The average molecular weight is 516 g/mol. The third-order valence-corrected chi connectivity index (χ3v) is 5.81. The number of para-hydroxylation sites is 1. The Balaban J connectivity index is 0.00000300. The molecule has 2 aliphatic rings. The topological polar surface area (TPSA) is 49.3 Å². The lowest BCUT2D eigenvalue weighted by molar-refractivity contribution is 0.00990. The Hall–Kier alpha value is -1.06. The zero-order valence-electron chi connectivity index (χ0n) is 18.1. The fourth-order valence-corrected chi connectivity index (χ4v) is 4.19. The van der Waals surface area contributed by atoms with Gasteiger partial charge in [0.1, 0.15) is 0 Å². The van der Waals surface area contributed by atoms with E-state index in [0.717, 1.165) is 71.0 Å². The molecule has 0 radical (unpaired) electrons. The van der Waals surface area contributed by atoms with Gasteiger partial charge in [0.05, 0.1) is 6.10 Å². The van der Waals surface area contributed by atoms with Gasteiger partial charge in [-0.15, -0.1) is 24.0 Å². The summed E-state index contributed by atoms with van der Waals surface area (Å²) in [5.74, 6) is 1.01. The fraction of sp³-hybridized carbons (Fsp3) is 0.682. The van der Waals surface area contributed by atoms with E-state index in [1.165, 1.54) is 11.3 Å². The van der Waals surface area contributed by atoms with Crippen LogP contribution in [0.25, 0.3) is 0 Å². The second-order valence-electron chi connectivity index (χ2n) is 7.75. The van der Waals surface area contributed by atoms with Crippen LogP contribution in [-0.2, 0) is 15.9 Å². The summed E-state index contributed by atoms with van der Waals surface area (Å²) in [6.45, 7) is 7.85. The summed E-state index contributed by atoms with van der Waals surface area (Å²) in [5.41, 5.74) is 2.85. The first kappa shape index (κ1) is 24.2. The normalized spacial score (nSPS) is 18.4. The number of rotatable bonds is 8. The van der Waals surface area contributed by atoms with E-state index in [4.69, 9.17) is 9.47 Å². The molecular weight excluding hydrogens is 479 g/mol. The van der Waals surface area contributed by atoms with Crippen LogP contribution in [0.1, 0.15) is 31.7 Å². The van der Waals surface area contributed by atoms with Crippen molar-refractivity contribution >= 4 is 35.6 Å². The number of nitrogens with one attached hydrogen (secondary N) is 1. The molecule has 3 rings (SSSR count). The van der Waals surface area contributed by atoms with Crippen molar-refractivity contribution in [2.75, 3.05) is 58.5 Å². The predicted molar refractivity (Wildman–Crippen MR) is 131 cm³/mol. The highest BCUT2D eigenvalue weighted by Gasteiger charge is 2.25. The van der Waals surface area contributed by atoms with Crippen LogP contribution in [0.2, 0.25) is 0 Å². The molecule has 1 fully saturated rings. The SMILES string of the molecule is CN=C(NCC(C)N1CCc2ccccc21)N1CCC(OCCCOC)CC1.I. The van der Waals surface area contributed by atoms with Crippen LogP contribution < -0.4 is 10.2 Å². The largest absolute Gasteiger partial charge is 0.385 e. The van der Waals surface area contributed by atoms with Gasteiger partial charge in [0, 0.05) is 65.3 Å². The van der Waals surface area contributed by atoms with E-state index >= 15 is 0 Å². The summed E-state index contributed by atoms with van der Waals surface area (Å²) >= 11 is 0. The highest BCUT2D eigenvalue weighted by molar-refractivity contribution is 14.0. The van der Waals surface area contributed by atoms with Crippen LogP contribution in [0, 0.1) is 0 Å². The van der Waals surface area contributed by atoms with Crippen molar-refractivity contribution in [3.63, 3.8) is 0 Å². The van der Waals surface area contributed by atoms with Gasteiger partial charge < -0.3 is 24.6 Å². The van der Waals surface area contributed by atoms with Crippen molar-refractivity contribution < 1.29 is 9.47 Å². The van der Waals surface area contributed by atoms with Crippen molar-refractivity contribution in [1.29, 1.82) is 0 Å². The van der Waals surface area contributed by atoms with E-state index in [1.54, 1.807) is 7.11 Å². The van der Waals surface area contributed by atoms with Crippen LogP contribution in [-0.4, -0.2) is 76.6 Å². The van der Waals surface area contributed by atoms with Gasteiger partial charge in [-0.25, -0.2) is 0 Å². The molecule has 29 heavy (non-hydrogen) atoms. The number of halogens is 1. The molecular formula is C22H37IN4O2. The summed E-state index contributed by atoms with van der Waals surface area (Å²) in [4.78, 5) is 9.39. The van der Waals surface area contributed by atoms with E-state index in [-0.39, 0.29) is 24.0 Å². The summed E-state index contributed by atoms with van der Waals surface area (Å²) in [7, 11) is 3.62. The standard InChI is InChI=1S/C22H36N4O2.HI/c1-18(26-14-9-19-7-4-5-8-21(19)26)17-24-22(23-2)25-12-10-20(11-13-25)28-16-6-15-27-3;/h4-5,7-8,18,20H,6,9-17H2,1-3H3,(H,23,24);1H. The lowest BCUT2D eigenvalue weighted by Crippen LogP contribution is -2.50. The third-order valence-electron chi connectivity index (χ3n) is 5.81. The van der Waals surface area contributed by atoms with E-state index in [0.29, 0.717) is 12.1 Å². The fourth-order valence-electron chi connectivity index (χ4n) is 4.19. The number of ether oxygens (including phenoxy) is 2. The molecule has 0 bridgehead atoms. The summed E-state index contributed by atoms with van der Waals surface area (Å²) in [5, 5.41) is 3.60. The average Bonchev–Trinajstić information content (AvgIpc) is 3.17. The maximum atomic E-state index is 5.97. The first-order chi connectivity index (χ1) is 13.7. The maximum Gasteiger partial charge on any atom is 0.193 e. The first-order valence-electron chi connectivity index (χ1n) is 10.6. The minimum atomic E-state index is 0. The van der Waals surface area contributed by atoms with Gasteiger partial charge in [0.25, 0.3) is 0 Å². The number of anilines is 1. The van der Waals surface area contributed by atoms with Gasteiger partial charge in [-0.05, 0) is 44.2 Å². The molecule has 1 saturated heterocycles. The lowest BCUT2D eigenvalue weighted by atomic mass is 10.1. The van der Waals surface area contributed by atoms with Crippen molar-refractivity contribution in [2.45, 2.75) is 44.8 Å². The van der Waals surface area contributed by atoms with E-state index in [9.17, 15) is 0 Å². The van der Waals surface area contributed by atoms with E-state index in [2.05, 4.69) is 51.3 Å². The number of fused-ring (bicyclic) bond motifs is 1. The van der Waals surface area contributed by atoms with E-state index in [1.807, 2.05) is 7.05 Å². The molecule has 164 valence electrons. The van der Waals surface area contributed by atoms with Gasteiger partial charge in [-0.2, -0.15) is 0 Å². The number of likely N-dealkylation sites (tertiary alicyclic amines) is 1. The summed E-state index contributed by atoms with van der Waals surface area (Å²) < 4.78 is 11.1. The molecule has 0 spiro atoms. The highest BCUT2D eigenvalue weighted by Crippen LogP contribution is 2.28. The predicted octanol–water partition coefficient (Wildman–Crippen LogP) is 3.15. The summed E-state index contributed by atoms with van der Waals surface area (Å²) in [6.07, 6.45) is 4.60. The Labute approximate surface area is 193 Å². The van der Waals surface area contributed by atoms with Gasteiger partial charge in [0.15, 0.2) is 5.96 Å². The number of aliphatic imine (C=N–C) groups is 1. The number of hydrogen-bond donors (Lipinski definition) is 1. The number of nitrogens with zero attached hydrogens (tertiary/aromatic N) is 3. The third kappa shape index (κ3) is 6.72. The van der Waals surface area contributed by atoms with Crippen molar-refractivity contribution in [2.24, 2.45) is 4.99 Å². The molecule has 1 unspecified atom stereocenters. The van der Waals surface area contributed by atoms with Crippen molar-refractivity contribution in [3.05, 3.63) is 29.8 Å². The molecule has 0 aromatic heterocycles. The Morgan fingerprint density at radius 1 is 1.21 bits per heavy atom. The molecule has 6 nitrogen and oxygen atoms in total. The minimum absolute atomic E-state index is 0. The monoisotopic (exact) mass is 516 g/mol. The van der Waals surface area contributed by atoms with Crippen LogP contribution in [0.3, 0.4) is 0 Å². The molecule has 1 aromatic rings. The Bertz CT molecular complexity index is 635. The molecule has 1 aromatic carbocycles. The number of methoxy groups -OCH3 is 1. The number of guanidine groups is 1. The van der Waals surface area contributed by atoms with Crippen LogP contribution in [0.5, 0.6) is 0 Å². The van der Waals surface area contributed by atoms with Gasteiger partial charge >= 0.3 is 0 Å². The molecule has 1 atom stereocenters. The number of benzene rings is 1. The van der Waals surface area contributed by atoms with Gasteiger partial charge in [-0.3, -0.25) is 4.99 Å². The van der Waals surface area contributed by atoms with Crippen molar-refractivity contribution in [1.82, 2.24) is 10.2 Å². The zero-order valence-corrected chi connectivity index (χ0v) is 20.4. The molecule has 2 heterocycles.